The van der Waals surface area contributed by atoms with Crippen LogP contribution in [0.25, 0.3) is 0 Å². The first-order valence-corrected chi connectivity index (χ1v) is 5.46. The number of carbonyl (C=O) groups is 1. The van der Waals surface area contributed by atoms with Crippen molar-refractivity contribution >= 4 is 21.9 Å². The third-order valence-electron chi connectivity index (χ3n) is 2.00. The molecule has 1 N–H and O–H groups in total. The van der Waals surface area contributed by atoms with Gasteiger partial charge in [-0.3, -0.25) is 9.59 Å². The zero-order valence-corrected chi connectivity index (χ0v) is 9.74. The van der Waals surface area contributed by atoms with Gasteiger partial charge >= 0.3 is 5.97 Å². The molecule has 0 amide bonds. The van der Waals surface area contributed by atoms with E-state index in [2.05, 4.69) is 15.9 Å². The molecule has 0 aliphatic carbocycles. The molecule has 0 atom stereocenters. The number of pyridine rings is 1. The fourth-order valence-electron chi connectivity index (χ4n) is 1.23. The smallest absolute Gasteiger partial charge is 0.303 e. The highest BCUT2D eigenvalue weighted by atomic mass is 79.9. The van der Waals surface area contributed by atoms with Gasteiger partial charge in [0, 0.05) is 29.7 Å². The number of rotatable bonds is 5. The minimum absolute atomic E-state index is 0.0697. The summed E-state index contributed by atoms with van der Waals surface area (Å²) in [4.78, 5) is 21.6. The molecule has 0 aromatic carbocycles. The van der Waals surface area contributed by atoms with Crippen molar-refractivity contribution in [2.45, 2.75) is 25.8 Å². The minimum Gasteiger partial charge on any atom is -0.481 e. The van der Waals surface area contributed by atoms with Crippen molar-refractivity contribution in [3.05, 3.63) is 33.2 Å². The quantitative estimate of drug-likeness (QED) is 0.834. The highest BCUT2D eigenvalue weighted by molar-refractivity contribution is 9.10. The van der Waals surface area contributed by atoms with Crippen molar-refractivity contribution < 1.29 is 9.90 Å². The Balaban J connectivity index is 2.44. The van der Waals surface area contributed by atoms with E-state index in [4.69, 9.17) is 5.11 Å². The number of hydrogen-bond acceptors (Lipinski definition) is 2. The molecule has 0 spiro atoms. The number of nitrogens with zero attached hydrogens (tertiary/aromatic N) is 1. The molecule has 1 aromatic rings. The topological polar surface area (TPSA) is 59.3 Å². The summed E-state index contributed by atoms with van der Waals surface area (Å²) in [5.74, 6) is -0.793. The molecule has 1 rings (SSSR count). The number of carboxylic acid groups (broad SMARTS) is 1. The van der Waals surface area contributed by atoms with Crippen LogP contribution in [0.4, 0.5) is 0 Å². The Morgan fingerprint density at radius 2 is 2.20 bits per heavy atom. The van der Waals surface area contributed by atoms with Crippen LogP contribution in [0.15, 0.2) is 27.6 Å². The summed E-state index contributed by atoms with van der Waals surface area (Å²) >= 11 is 3.21. The fourth-order valence-corrected chi connectivity index (χ4v) is 1.54. The van der Waals surface area contributed by atoms with Crippen LogP contribution < -0.4 is 5.56 Å². The third kappa shape index (κ3) is 4.29. The van der Waals surface area contributed by atoms with Gasteiger partial charge in [0.05, 0.1) is 0 Å². The number of unbranched alkanes of at least 4 members (excludes halogenated alkanes) is 1. The van der Waals surface area contributed by atoms with Gasteiger partial charge in [0.15, 0.2) is 0 Å². The number of aryl methyl sites for hydroxylation is 1. The van der Waals surface area contributed by atoms with E-state index < -0.39 is 5.97 Å². The van der Waals surface area contributed by atoms with Crippen LogP contribution in [0.1, 0.15) is 19.3 Å². The maximum atomic E-state index is 11.4. The first-order valence-electron chi connectivity index (χ1n) is 4.67. The van der Waals surface area contributed by atoms with Crippen LogP contribution in [0.5, 0.6) is 0 Å². The van der Waals surface area contributed by atoms with Gasteiger partial charge in [-0.05, 0) is 18.9 Å². The van der Waals surface area contributed by atoms with E-state index in [1.165, 1.54) is 6.07 Å². The first-order chi connectivity index (χ1) is 7.09. The molecule has 1 heterocycles. The summed E-state index contributed by atoms with van der Waals surface area (Å²) in [5, 5.41) is 8.43. The van der Waals surface area contributed by atoms with Crippen LogP contribution in [-0.2, 0) is 11.3 Å². The minimum atomic E-state index is -0.793. The maximum absolute atomic E-state index is 11.4. The summed E-state index contributed by atoms with van der Waals surface area (Å²) in [6.07, 6.45) is 3.16. The lowest BCUT2D eigenvalue weighted by molar-refractivity contribution is -0.137. The Morgan fingerprint density at radius 1 is 1.47 bits per heavy atom. The van der Waals surface area contributed by atoms with Crippen LogP contribution in [0, 0.1) is 0 Å². The van der Waals surface area contributed by atoms with E-state index in [9.17, 15) is 9.59 Å². The molecule has 4 nitrogen and oxygen atoms in total. The first kappa shape index (κ1) is 12.0. The molecule has 0 bridgehead atoms. The SMILES string of the molecule is O=C(O)CCCCn1ccc(Br)cc1=O. The molecular formula is C10H12BrNO3. The summed E-state index contributed by atoms with van der Waals surface area (Å²) in [6, 6.07) is 3.29. The maximum Gasteiger partial charge on any atom is 0.303 e. The van der Waals surface area contributed by atoms with E-state index in [1.54, 1.807) is 16.8 Å². The number of halogens is 1. The van der Waals surface area contributed by atoms with E-state index in [0.717, 1.165) is 4.47 Å². The van der Waals surface area contributed by atoms with Gasteiger partial charge in [0.25, 0.3) is 5.56 Å². The summed E-state index contributed by atoms with van der Waals surface area (Å²) in [7, 11) is 0. The van der Waals surface area contributed by atoms with Gasteiger partial charge in [0.1, 0.15) is 0 Å². The Hall–Kier alpha value is -1.10. The van der Waals surface area contributed by atoms with Crippen molar-refractivity contribution in [3.63, 3.8) is 0 Å². The van der Waals surface area contributed by atoms with Crippen LogP contribution in [0.3, 0.4) is 0 Å². The van der Waals surface area contributed by atoms with E-state index in [-0.39, 0.29) is 12.0 Å². The second-order valence-electron chi connectivity index (χ2n) is 3.23. The standard InChI is InChI=1S/C10H12BrNO3/c11-8-4-6-12(9(13)7-8)5-2-1-3-10(14)15/h4,6-7H,1-3,5H2,(H,14,15). The summed E-state index contributed by atoms with van der Waals surface area (Å²) in [6.45, 7) is 0.569. The predicted molar refractivity (Wildman–Crippen MR) is 59.9 cm³/mol. The lowest BCUT2D eigenvalue weighted by Crippen LogP contribution is -2.18. The van der Waals surface area contributed by atoms with Crippen LogP contribution >= 0.6 is 15.9 Å². The second kappa shape index (κ2) is 5.70. The second-order valence-corrected chi connectivity index (χ2v) is 4.14. The molecule has 15 heavy (non-hydrogen) atoms. The van der Waals surface area contributed by atoms with Crippen molar-refractivity contribution in [3.8, 4) is 0 Å². The molecule has 0 fully saturated rings. The molecule has 0 aliphatic rings. The number of carboxylic acids is 1. The van der Waals surface area contributed by atoms with Gasteiger partial charge in [-0.25, -0.2) is 0 Å². The number of aromatic nitrogens is 1. The van der Waals surface area contributed by atoms with Gasteiger partial charge in [-0.15, -0.1) is 0 Å². The van der Waals surface area contributed by atoms with E-state index in [1.807, 2.05) is 0 Å². The van der Waals surface area contributed by atoms with Crippen molar-refractivity contribution in [2.75, 3.05) is 0 Å². The van der Waals surface area contributed by atoms with Crippen molar-refractivity contribution in [1.82, 2.24) is 4.57 Å². The average molecular weight is 274 g/mol. The van der Waals surface area contributed by atoms with Gasteiger partial charge in [0.2, 0.25) is 0 Å². The van der Waals surface area contributed by atoms with E-state index >= 15 is 0 Å². The molecular weight excluding hydrogens is 262 g/mol. The monoisotopic (exact) mass is 273 g/mol. The van der Waals surface area contributed by atoms with Crippen LogP contribution in [0.2, 0.25) is 0 Å². The Kier molecular flexibility index (Phi) is 4.55. The molecule has 5 heteroatoms. The molecule has 0 aliphatic heterocycles. The Morgan fingerprint density at radius 3 is 2.80 bits per heavy atom. The third-order valence-corrected chi connectivity index (χ3v) is 2.49. The van der Waals surface area contributed by atoms with Gasteiger partial charge in [-0.1, -0.05) is 15.9 Å². The van der Waals surface area contributed by atoms with Gasteiger partial charge in [-0.2, -0.15) is 0 Å². The lowest BCUT2D eigenvalue weighted by Gasteiger charge is -2.04. The van der Waals surface area contributed by atoms with E-state index in [0.29, 0.717) is 19.4 Å². The van der Waals surface area contributed by atoms with Crippen molar-refractivity contribution in [1.29, 1.82) is 0 Å². The highest BCUT2D eigenvalue weighted by Gasteiger charge is 1.99. The summed E-state index contributed by atoms with van der Waals surface area (Å²) in [5.41, 5.74) is -0.0697. The lowest BCUT2D eigenvalue weighted by atomic mass is 10.2. The Labute approximate surface area is 95.7 Å². The van der Waals surface area contributed by atoms with Crippen molar-refractivity contribution in [2.24, 2.45) is 0 Å². The Bertz CT molecular complexity index is 400. The molecule has 82 valence electrons. The molecule has 1 aromatic heterocycles. The molecule has 0 saturated heterocycles. The fraction of sp³-hybridized carbons (Fsp3) is 0.400. The number of aliphatic carboxylic acids is 1. The van der Waals surface area contributed by atoms with Gasteiger partial charge < -0.3 is 9.67 Å². The molecule has 0 radical (unpaired) electrons. The zero-order valence-electron chi connectivity index (χ0n) is 8.15. The largest absolute Gasteiger partial charge is 0.481 e. The normalized spacial score (nSPS) is 10.2. The highest BCUT2D eigenvalue weighted by Crippen LogP contribution is 2.04. The molecule has 0 unspecified atom stereocenters. The average Bonchev–Trinajstić information content (AvgIpc) is 2.14. The zero-order chi connectivity index (χ0) is 11.3. The predicted octanol–water partition coefficient (Wildman–Crippen LogP) is 1.87. The number of hydrogen-bond donors (Lipinski definition) is 1. The van der Waals surface area contributed by atoms with Crippen LogP contribution in [-0.4, -0.2) is 15.6 Å². The molecule has 0 saturated carbocycles. The summed E-state index contributed by atoms with van der Waals surface area (Å²) < 4.78 is 2.33.